The zero-order valence-corrected chi connectivity index (χ0v) is 11.6. The minimum absolute atomic E-state index is 0.00622. The van der Waals surface area contributed by atoms with Crippen molar-refractivity contribution in [1.82, 2.24) is 5.43 Å². The molecule has 5 nitrogen and oxygen atoms in total. The number of urea groups is 2. The van der Waals surface area contributed by atoms with Crippen molar-refractivity contribution in [1.29, 1.82) is 0 Å². The van der Waals surface area contributed by atoms with Gasteiger partial charge in [-0.1, -0.05) is 18.2 Å². The summed E-state index contributed by atoms with van der Waals surface area (Å²) in [6, 6.07) is 8.47. The smallest absolute Gasteiger partial charge is 0.242 e. The quantitative estimate of drug-likeness (QED) is 0.623. The molecule has 2 aliphatic rings. The fourth-order valence-electron chi connectivity index (χ4n) is 3.21. The molecule has 0 aromatic heterocycles. The Morgan fingerprint density at radius 2 is 1.53 bits per heavy atom. The molecule has 1 spiro atoms. The third-order valence-electron chi connectivity index (χ3n) is 5.08. The third-order valence-corrected chi connectivity index (χ3v) is 5.08. The summed E-state index contributed by atoms with van der Waals surface area (Å²) in [7, 11) is 0. The molecule has 3 rings (SSSR count). The van der Waals surface area contributed by atoms with Gasteiger partial charge >= 0.3 is 12.1 Å². The number of carbonyl (C=O) groups excluding carboxylic acids is 2. The topological polar surface area (TPSA) is 49.4 Å². The Bertz CT molecular complexity index is 564. The van der Waals surface area contributed by atoms with E-state index in [9.17, 15) is 9.59 Å². The largest absolute Gasteiger partial charge is 0.458 e. The SMILES string of the molecule is CC1(C)C(C)(C)[N+]12NC(=O)N(c1ccccc1)C2=O. The summed E-state index contributed by atoms with van der Waals surface area (Å²) in [5.41, 5.74) is 2.86. The number of nitrogens with zero attached hydrogens (tertiary/aromatic N) is 2. The lowest BCUT2D eigenvalue weighted by Gasteiger charge is -2.13. The van der Waals surface area contributed by atoms with Gasteiger partial charge in [0.25, 0.3) is 0 Å². The molecule has 5 heteroatoms. The van der Waals surface area contributed by atoms with Crippen LogP contribution in [0.2, 0.25) is 0 Å². The summed E-state index contributed by atoms with van der Waals surface area (Å²) in [5.74, 6) is 0. The normalized spacial score (nSPS) is 25.6. The first-order valence-corrected chi connectivity index (χ1v) is 6.38. The van der Waals surface area contributed by atoms with Gasteiger partial charge in [0.1, 0.15) is 0 Å². The summed E-state index contributed by atoms with van der Waals surface area (Å²) in [4.78, 5) is 26.2. The van der Waals surface area contributed by atoms with Crippen molar-refractivity contribution in [3.63, 3.8) is 0 Å². The van der Waals surface area contributed by atoms with Gasteiger partial charge in [-0.3, -0.25) is 0 Å². The molecule has 100 valence electrons. The molecule has 4 amide bonds. The van der Waals surface area contributed by atoms with E-state index in [4.69, 9.17) is 0 Å². The molecule has 0 radical (unpaired) electrons. The summed E-state index contributed by atoms with van der Waals surface area (Å²) in [5, 5.41) is 0. The van der Waals surface area contributed by atoms with E-state index in [0.29, 0.717) is 5.69 Å². The number of quaternary nitrogens is 1. The van der Waals surface area contributed by atoms with Gasteiger partial charge in [0.05, 0.1) is 5.69 Å². The van der Waals surface area contributed by atoms with E-state index in [1.54, 1.807) is 12.1 Å². The Morgan fingerprint density at radius 1 is 1.00 bits per heavy atom. The molecular formula is C14H18N3O2+. The highest BCUT2D eigenvalue weighted by Crippen LogP contribution is 2.60. The van der Waals surface area contributed by atoms with Crippen LogP contribution in [0.5, 0.6) is 0 Å². The molecule has 0 bridgehead atoms. The third kappa shape index (κ3) is 1.10. The molecule has 0 saturated carbocycles. The van der Waals surface area contributed by atoms with Crippen LogP contribution in [-0.4, -0.2) is 27.7 Å². The van der Waals surface area contributed by atoms with Gasteiger partial charge in [-0.05, 0) is 39.8 Å². The van der Waals surface area contributed by atoms with Crippen LogP contribution in [0.15, 0.2) is 30.3 Å². The van der Waals surface area contributed by atoms with Crippen LogP contribution in [0.1, 0.15) is 27.7 Å². The first kappa shape index (κ1) is 12.2. The van der Waals surface area contributed by atoms with Gasteiger partial charge in [-0.25, -0.2) is 9.59 Å². The molecule has 1 N–H and O–H groups in total. The Balaban J connectivity index is 2.06. The van der Waals surface area contributed by atoms with Crippen molar-refractivity contribution in [3.05, 3.63) is 30.3 Å². The van der Waals surface area contributed by atoms with Crippen LogP contribution in [0.25, 0.3) is 0 Å². The van der Waals surface area contributed by atoms with Crippen molar-refractivity contribution in [2.75, 3.05) is 4.90 Å². The number of hydrogen-bond acceptors (Lipinski definition) is 2. The van der Waals surface area contributed by atoms with E-state index in [-0.39, 0.29) is 27.7 Å². The maximum atomic E-state index is 12.7. The number of rotatable bonds is 1. The van der Waals surface area contributed by atoms with E-state index >= 15 is 0 Å². The number of benzene rings is 1. The molecule has 1 aromatic carbocycles. The van der Waals surface area contributed by atoms with Crippen molar-refractivity contribution in [2.24, 2.45) is 0 Å². The number of nitrogens with one attached hydrogen (secondary N) is 1. The molecule has 2 saturated heterocycles. The molecule has 2 fully saturated rings. The van der Waals surface area contributed by atoms with Crippen molar-refractivity contribution in [2.45, 2.75) is 38.8 Å². The molecule has 19 heavy (non-hydrogen) atoms. The van der Waals surface area contributed by atoms with E-state index in [1.807, 2.05) is 45.9 Å². The summed E-state index contributed by atoms with van der Waals surface area (Å²) >= 11 is 0. The number of amides is 4. The molecule has 1 aromatic rings. The molecule has 0 unspecified atom stereocenters. The Labute approximate surface area is 112 Å². The zero-order chi connectivity index (χ0) is 14.1. The predicted molar refractivity (Wildman–Crippen MR) is 71.3 cm³/mol. The number of imide groups is 1. The van der Waals surface area contributed by atoms with E-state index in [2.05, 4.69) is 5.43 Å². The predicted octanol–water partition coefficient (Wildman–Crippen LogP) is 2.64. The summed E-state index contributed by atoms with van der Waals surface area (Å²) < 4.78 is -0.00622. The number of para-hydroxylation sites is 1. The first-order chi connectivity index (χ1) is 8.77. The second-order valence-corrected chi connectivity index (χ2v) is 6.16. The highest BCUT2D eigenvalue weighted by Gasteiger charge is 2.90. The molecular weight excluding hydrogens is 242 g/mol. The molecule has 2 heterocycles. The van der Waals surface area contributed by atoms with Crippen molar-refractivity contribution >= 4 is 17.7 Å². The highest BCUT2D eigenvalue weighted by molar-refractivity contribution is 6.15. The van der Waals surface area contributed by atoms with E-state index in [0.717, 1.165) is 0 Å². The van der Waals surface area contributed by atoms with Crippen LogP contribution >= 0.6 is 0 Å². The van der Waals surface area contributed by atoms with Gasteiger partial charge in [0, 0.05) is 0 Å². The first-order valence-electron chi connectivity index (χ1n) is 6.38. The summed E-state index contributed by atoms with van der Waals surface area (Å²) in [6.07, 6.45) is 0. The van der Waals surface area contributed by atoms with Crippen LogP contribution in [-0.2, 0) is 0 Å². The maximum Gasteiger partial charge on any atom is 0.458 e. The molecule has 0 atom stereocenters. The fraction of sp³-hybridized carbons (Fsp3) is 0.429. The van der Waals surface area contributed by atoms with Gasteiger partial charge in [0.2, 0.25) is 0 Å². The highest BCUT2D eigenvalue weighted by atomic mass is 16.3. The zero-order valence-electron chi connectivity index (χ0n) is 11.6. The van der Waals surface area contributed by atoms with Crippen LogP contribution < -0.4 is 10.3 Å². The fourth-order valence-corrected chi connectivity index (χ4v) is 3.21. The van der Waals surface area contributed by atoms with Gasteiger partial charge < -0.3 is 0 Å². The van der Waals surface area contributed by atoms with E-state index in [1.165, 1.54) is 4.90 Å². The molecule has 2 aliphatic heterocycles. The number of anilines is 1. The lowest BCUT2D eigenvalue weighted by molar-refractivity contribution is -0.798. The van der Waals surface area contributed by atoms with Crippen molar-refractivity contribution < 1.29 is 14.2 Å². The monoisotopic (exact) mass is 260 g/mol. The van der Waals surface area contributed by atoms with E-state index < -0.39 is 0 Å². The second-order valence-electron chi connectivity index (χ2n) is 6.16. The van der Waals surface area contributed by atoms with Gasteiger partial charge in [-0.15, -0.1) is 4.59 Å². The standard InChI is InChI=1S/C14H17N3O2/c1-13(2)14(3,4)17(13)12(19)16(11(18)15-17)10-8-6-5-7-9-10/h5-9H,1-4H3/p+1. The number of hydrogen-bond donors (Lipinski definition) is 1. The van der Waals surface area contributed by atoms with Crippen LogP contribution in [0.3, 0.4) is 0 Å². The van der Waals surface area contributed by atoms with Gasteiger partial charge in [-0.2, -0.15) is 10.3 Å². The second kappa shape index (κ2) is 3.17. The minimum atomic E-state index is -0.352. The number of carbonyl (C=O) groups is 2. The van der Waals surface area contributed by atoms with Crippen LogP contribution in [0.4, 0.5) is 15.3 Å². The van der Waals surface area contributed by atoms with Gasteiger partial charge in [0.15, 0.2) is 11.1 Å². The van der Waals surface area contributed by atoms with Crippen LogP contribution in [0, 0.1) is 0 Å². The average Bonchev–Trinajstić information content (AvgIpc) is 2.59. The lowest BCUT2D eigenvalue weighted by Crippen LogP contribution is -2.46. The average molecular weight is 260 g/mol. The molecule has 0 aliphatic carbocycles. The van der Waals surface area contributed by atoms with Crippen molar-refractivity contribution in [3.8, 4) is 0 Å². The summed E-state index contributed by atoms with van der Waals surface area (Å²) in [6.45, 7) is 8.00. The Kier molecular flexibility index (Phi) is 2.03. The minimum Gasteiger partial charge on any atom is -0.242 e. The Hall–Kier alpha value is -1.88. The lowest BCUT2D eigenvalue weighted by atomic mass is 10.0. The maximum absolute atomic E-state index is 12.7. The Morgan fingerprint density at radius 3 is 1.95 bits per heavy atom.